The van der Waals surface area contributed by atoms with Gasteiger partial charge in [0.1, 0.15) is 12.4 Å². The predicted octanol–water partition coefficient (Wildman–Crippen LogP) is 2.24. The van der Waals surface area contributed by atoms with Crippen molar-refractivity contribution in [3.63, 3.8) is 0 Å². The standard InChI is InChI=1S/C12H15F4NO2/c1-8(19)11-9(13)3-2-4-10(11)17(5-6-18)7-12(14,15)16/h2-4,8,18-19H,5-7H2,1H3/t8-/m0/s1. The first-order valence-corrected chi connectivity index (χ1v) is 5.65. The lowest BCUT2D eigenvalue weighted by Gasteiger charge is -2.28. The Balaban J connectivity index is 3.18. The van der Waals surface area contributed by atoms with Gasteiger partial charge in [0, 0.05) is 17.8 Å². The molecule has 0 fully saturated rings. The average molecular weight is 281 g/mol. The van der Waals surface area contributed by atoms with E-state index < -0.39 is 31.2 Å². The molecule has 0 aliphatic rings. The minimum absolute atomic E-state index is 0.0682. The first kappa shape index (κ1) is 15.7. The van der Waals surface area contributed by atoms with Crippen molar-refractivity contribution in [2.24, 2.45) is 0 Å². The molecule has 7 heteroatoms. The van der Waals surface area contributed by atoms with Crippen LogP contribution in [0.15, 0.2) is 18.2 Å². The third kappa shape index (κ3) is 4.36. The van der Waals surface area contributed by atoms with Crippen molar-refractivity contribution in [3.8, 4) is 0 Å². The summed E-state index contributed by atoms with van der Waals surface area (Å²) in [5.74, 6) is -0.780. The predicted molar refractivity (Wildman–Crippen MR) is 62.4 cm³/mol. The maximum absolute atomic E-state index is 13.6. The maximum atomic E-state index is 13.6. The summed E-state index contributed by atoms with van der Waals surface area (Å²) in [7, 11) is 0. The van der Waals surface area contributed by atoms with Gasteiger partial charge in [-0.05, 0) is 19.1 Å². The van der Waals surface area contributed by atoms with Crippen LogP contribution in [0.25, 0.3) is 0 Å². The van der Waals surface area contributed by atoms with Crippen LogP contribution in [0.4, 0.5) is 23.2 Å². The molecule has 0 aromatic heterocycles. The molecule has 1 aromatic carbocycles. The molecule has 0 unspecified atom stereocenters. The Morgan fingerprint density at radius 3 is 2.42 bits per heavy atom. The van der Waals surface area contributed by atoms with Gasteiger partial charge in [-0.25, -0.2) is 4.39 Å². The fourth-order valence-electron chi connectivity index (χ4n) is 1.84. The molecular weight excluding hydrogens is 266 g/mol. The summed E-state index contributed by atoms with van der Waals surface area (Å²) in [6.45, 7) is -0.863. The minimum Gasteiger partial charge on any atom is -0.395 e. The van der Waals surface area contributed by atoms with Gasteiger partial charge in [0.2, 0.25) is 0 Å². The number of halogens is 4. The van der Waals surface area contributed by atoms with Gasteiger partial charge in [-0.3, -0.25) is 0 Å². The largest absolute Gasteiger partial charge is 0.405 e. The fourth-order valence-corrected chi connectivity index (χ4v) is 1.84. The van der Waals surface area contributed by atoms with Gasteiger partial charge in [-0.2, -0.15) is 13.2 Å². The Bertz CT molecular complexity index is 421. The minimum atomic E-state index is -4.49. The highest BCUT2D eigenvalue weighted by molar-refractivity contribution is 5.55. The summed E-state index contributed by atoms with van der Waals surface area (Å²) >= 11 is 0. The van der Waals surface area contributed by atoms with E-state index in [4.69, 9.17) is 5.11 Å². The van der Waals surface area contributed by atoms with E-state index in [0.717, 1.165) is 11.0 Å². The highest BCUT2D eigenvalue weighted by atomic mass is 19.4. The molecule has 1 aromatic rings. The van der Waals surface area contributed by atoms with Gasteiger partial charge in [-0.1, -0.05) is 6.07 Å². The van der Waals surface area contributed by atoms with E-state index in [0.29, 0.717) is 0 Å². The van der Waals surface area contributed by atoms with Gasteiger partial charge in [0.15, 0.2) is 0 Å². The van der Waals surface area contributed by atoms with Gasteiger partial charge in [-0.15, -0.1) is 0 Å². The number of benzene rings is 1. The Morgan fingerprint density at radius 1 is 1.32 bits per heavy atom. The van der Waals surface area contributed by atoms with Crippen molar-refractivity contribution >= 4 is 5.69 Å². The highest BCUT2D eigenvalue weighted by Gasteiger charge is 2.32. The smallest absolute Gasteiger partial charge is 0.395 e. The second-order valence-electron chi connectivity index (χ2n) is 4.11. The molecule has 2 N–H and O–H groups in total. The molecule has 0 amide bonds. The van der Waals surface area contributed by atoms with Crippen molar-refractivity contribution in [1.29, 1.82) is 0 Å². The third-order valence-corrected chi connectivity index (χ3v) is 2.53. The first-order valence-electron chi connectivity index (χ1n) is 5.65. The van der Waals surface area contributed by atoms with Crippen LogP contribution in [0, 0.1) is 5.82 Å². The van der Waals surface area contributed by atoms with E-state index in [9.17, 15) is 22.7 Å². The van der Waals surface area contributed by atoms with Crippen molar-refractivity contribution in [2.75, 3.05) is 24.6 Å². The maximum Gasteiger partial charge on any atom is 0.405 e. The molecule has 0 radical (unpaired) electrons. The molecular formula is C12H15F4NO2. The van der Waals surface area contributed by atoms with Crippen LogP contribution < -0.4 is 4.90 Å². The Morgan fingerprint density at radius 2 is 1.95 bits per heavy atom. The lowest BCUT2D eigenvalue weighted by Crippen LogP contribution is -2.37. The number of nitrogens with zero attached hydrogens (tertiary/aromatic N) is 1. The lowest BCUT2D eigenvalue weighted by atomic mass is 10.1. The van der Waals surface area contributed by atoms with E-state index in [-0.39, 0.29) is 17.8 Å². The van der Waals surface area contributed by atoms with E-state index >= 15 is 0 Å². The average Bonchev–Trinajstić information content (AvgIpc) is 2.25. The molecule has 0 saturated heterocycles. The van der Waals surface area contributed by atoms with E-state index in [1.54, 1.807) is 0 Å². The molecule has 0 saturated carbocycles. The normalized spacial score (nSPS) is 13.4. The van der Waals surface area contributed by atoms with Crippen LogP contribution in [0.3, 0.4) is 0 Å². The van der Waals surface area contributed by atoms with Crippen LogP contribution in [-0.4, -0.2) is 36.1 Å². The SMILES string of the molecule is C[C@H](O)c1c(F)cccc1N(CCO)CC(F)(F)F. The molecule has 0 aliphatic heterocycles. The monoisotopic (exact) mass is 281 g/mol. The fraction of sp³-hybridized carbons (Fsp3) is 0.500. The second kappa shape index (κ2) is 6.21. The number of rotatable bonds is 5. The molecule has 0 heterocycles. The van der Waals surface area contributed by atoms with Crippen LogP contribution in [0.2, 0.25) is 0 Å². The van der Waals surface area contributed by atoms with Gasteiger partial charge < -0.3 is 15.1 Å². The van der Waals surface area contributed by atoms with Crippen LogP contribution in [-0.2, 0) is 0 Å². The summed E-state index contributed by atoms with van der Waals surface area (Å²) in [4.78, 5) is 0.797. The molecule has 0 aliphatic carbocycles. The number of alkyl halides is 3. The Hall–Kier alpha value is -1.34. The van der Waals surface area contributed by atoms with E-state index in [2.05, 4.69) is 0 Å². The third-order valence-electron chi connectivity index (χ3n) is 2.53. The van der Waals surface area contributed by atoms with Crippen LogP contribution in [0.1, 0.15) is 18.6 Å². The molecule has 1 atom stereocenters. The number of anilines is 1. The van der Waals surface area contributed by atoms with Crippen LogP contribution >= 0.6 is 0 Å². The van der Waals surface area contributed by atoms with Gasteiger partial charge in [0.25, 0.3) is 0 Å². The number of aliphatic hydroxyl groups excluding tert-OH is 2. The van der Waals surface area contributed by atoms with Crippen molar-refractivity contribution in [3.05, 3.63) is 29.6 Å². The second-order valence-corrected chi connectivity index (χ2v) is 4.11. The summed E-state index contributed by atoms with van der Waals surface area (Å²) < 4.78 is 51.0. The Labute approximate surface area is 108 Å². The lowest BCUT2D eigenvalue weighted by molar-refractivity contribution is -0.119. The zero-order valence-electron chi connectivity index (χ0n) is 10.3. The van der Waals surface area contributed by atoms with Crippen molar-refractivity contribution < 1.29 is 27.8 Å². The molecule has 0 spiro atoms. The molecule has 3 nitrogen and oxygen atoms in total. The summed E-state index contributed by atoms with van der Waals surface area (Å²) in [5.41, 5.74) is -0.276. The zero-order chi connectivity index (χ0) is 14.6. The molecule has 108 valence electrons. The zero-order valence-corrected chi connectivity index (χ0v) is 10.3. The number of aliphatic hydroxyl groups is 2. The Kier molecular flexibility index (Phi) is 5.13. The first-order chi connectivity index (χ1) is 8.76. The summed E-state index contributed by atoms with van der Waals surface area (Å²) in [5, 5.41) is 18.3. The van der Waals surface area contributed by atoms with E-state index in [1.165, 1.54) is 19.1 Å². The summed E-state index contributed by atoms with van der Waals surface area (Å²) in [6.07, 6.45) is -5.73. The van der Waals surface area contributed by atoms with Crippen molar-refractivity contribution in [1.82, 2.24) is 0 Å². The number of hydrogen-bond acceptors (Lipinski definition) is 3. The number of hydrogen-bond donors (Lipinski definition) is 2. The summed E-state index contributed by atoms with van der Waals surface area (Å²) in [6, 6.07) is 3.61. The highest BCUT2D eigenvalue weighted by Crippen LogP contribution is 2.30. The molecule has 0 bridgehead atoms. The van der Waals surface area contributed by atoms with Gasteiger partial charge >= 0.3 is 6.18 Å². The van der Waals surface area contributed by atoms with E-state index in [1.807, 2.05) is 0 Å². The topological polar surface area (TPSA) is 43.7 Å². The quantitative estimate of drug-likeness (QED) is 0.814. The molecule has 19 heavy (non-hydrogen) atoms. The molecule has 1 rings (SSSR count). The van der Waals surface area contributed by atoms with Gasteiger partial charge in [0.05, 0.1) is 12.7 Å². The van der Waals surface area contributed by atoms with Crippen molar-refractivity contribution in [2.45, 2.75) is 19.2 Å². The van der Waals surface area contributed by atoms with Crippen LogP contribution in [0.5, 0.6) is 0 Å².